The quantitative estimate of drug-likeness (QED) is 0.944. The molecule has 0 spiro atoms. The maximum absolute atomic E-state index is 9.90. The lowest BCUT2D eigenvalue weighted by Crippen LogP contribution is -2.00. The van der Waals surface area contributed by atoms with Crippen LogP contribution in [-0.2, 0) is 6.42 Å². The Labute approximate surface area is 99.9 Å². The predicted octanol–water partition coefficient (Wildman–Crippen LogP) is 3.08. The third kappa shape index (κ3) is 2.48. The van der Waals surface area contributed by atoms with Crippen molar-refractivity contribution in [1.82, 2.24) is 4.98 Å². The molecule has 0 aliphatic carbocycles. The van der Waals surface area contributed by atoms with Crippen LogP contribution in [0.15, 0.2) is 26.6 Å². The van der Waals surface area contributed by atoms with Crippen LogP contribution in [0.4, 0.5) is 0 Å². The zero-order valence-electron chi connectivity index (χ0n) is 8.11. The molecule has 80 valence electrons. The first-order valence-electron chi connectivity index (χ1n) is 4.49. The molecule has 0 amide bonds. The lowest BCUT2D eigenvalue weighted by Gasteiger charge is -2.05. The second-order valence-corrected chi connectivity index (χ2v) is 5.03. The summed E-state index contributed by atoms with van der Waals surface area (Å²) in [6, 6.07) is 1.77. The van der Waals surface area contributed by atoms with Gasteiger partial charge in [0.25, 0.3) is 0 Å². The second-order valence-electron chi connectivity index (χ2n) is 3.24. The lowest BCUT2D eigenvalue weighted by atomic mass is 10.2. The zero-order valence-corrected chi connectivity index (χ0v) is 10.5. The summed E-state index contributed by atoms with van der Waals surface area (Å²) in [4.78, 5) is 4.29. The summed E-state index contributed by atoms with van der Waals surface area (Å²) in [6.45, 7) is 1.94. The Morgan fingerprint density at radius 2 is 2.47 bits per heavy atom. The lowest BCUT2D eigenvalue weighted by molar-refractivity contribution is 0.149. The Morgan fingerprint density at radius 3 is 3.00 bits per heavy atom. The molecule has 0 saturated carbocycles. The highest BCUT2D eigenvalue weighted by Crippen LogP contribution is 2.27. The van der Waals surface area contributed by atoms with E-state index in [0.717, 1.165) is 15.2 Å². The van der Waals surface area contributed by atoms with E-state index in [1.165, 1.54) is 0 Å². The molecule has 0 bridgehead atoms. The molecule has 5 heteroatoms. The van der Waals surface area contributed by atoms with Crippen LogP contribution in [0.1, 0.15) is 22.6 Å². The van der Waals surface area contributed by atoms with Crippen LogP contribution in [0.5, 0.6) is 0 Å². The molecule has 2 rings (SSSR count). The minimum atomic E-state index is -0.639. The van der Waals surface area contributed by atoms with E-state index in [0.29, 0.717) is 12.2 Å². The van der Waals surface area contributed by atoms with Gasteiger partial charge >= 0.3 is 0 Å². The van der Waals surface area contributed by atoms with E-state index in [1.807, 2.05) is 12.3 Å². The Hall–Kier alpha value is -0.650. The number of aliphatic hydroxyl groups is 1. The standard InChI is InChI=1S/C10H10BrNO2S/c1-6-5-15-9(12-6)4-8(13)10-7(11)2-3-14-10/h2-3,5,8,13H,4H2,1H3. The van der Waals surface area contributed by atoms with Crippen LogP contribution in [0.2, 0.25) is 0 Å². The molecule has 3 nitrogen and oxygen atoms in total. The van der Waals surface area contributed by atoms with Crippen molar-refractivity contribution in [3.8, 4) is 0 Å². The first-order chi connectivity index (χ1) is 7.16. The molecule has 2 heterocycles. The predicted molar refractivity (Wildman–Crippen MR) is 61.9 cm³/mol. The fraction of sp³-hybridized carbons (Fsp3) is 0.300. The van der Waals surface area contributed by atoms with Gasteiger partial charge in [0.1, 0.15) is 11.9 Å². The minimum Gasteiger partial charge on any atom is -0.465 e. The van der Waals surface area contributed by atoms with Crippen LogP contribution in [0.25, 0.3) is 0 Å². The number of thiazole rings is 1. The molecule has 0 saturated heterocycles. The third-order valence-corrected chi connectivity index (χ3v) is 3.63. The highest BCUT2D eigenvalue weighted by Gasteiger charge is 2.16. The molecule has 0 aliphatic heterocycles. The van der Waals surface area contributed by atoms with Crippen molar-refractivity contribution in [2.24, 2.45) is 0 Å². The number of hydrogen-bond acceptors (Lipinski definition) is 4. The Kier molecular flexibility index (Phi) is 3.23. The first kappa shape index (κ1) is 10.9. The monoisotopic (exact) mass is 287 g/mol. The van der Waals surface area contributed by atoms with E-state index >= 15 is 0 Å². The van der Waals surface area contributed by atoms with Crippen molar-refractivity contribution >= 4 is 27.3 Å². The Balaban J connectivity index is 2.10. The van der Waals surface area contributed by atoms with E-state index in [-0.39, 0.29) is 0 Å². The van der Waals surface area contributed by atoms with Gasteiger partial charge in [0.05, 0.1) is 15.7 Å². The van der Waals surface area contributed by atoms with Gasteiger partial charge in [-0.15, -0.1) is 11.3 Å². The Bertz CT molecular complexity index is 452. The highest BCUT2D eigenvalue weighted by atomic mass is 79.9. The molecule has 1 N–H and O–H groups in total. The molecule has 1 atom stereocenters. The molecule has 2 aromatic heterocycles. The summed E-state index contributed by atoms with van der Waals surface area (Å²) < 4.78 is 5.98. The van der Waals surface area contributed by atoms with Gasteiger partial charge in [-0.1, -0.05) is 0 Å². The number of aromatic nitrogens is 1. The average molecular weight is 288 g/mol. The van der Waals surface area contributed by atoms with Gasteiger partial charge in [0.15, 0.2) is 0 Å². The molecule has 15 heavy (non-hydrogen) atoms. The Morgan fingerprint density at radius 1 is 1.67 bits per heavy atom. The van der Waals surface area contributed by atoms with Gasteiger partial charge in [-0.3, -0.25) is 0 Å². The topological polar surface area (TPSA) is 46.3 Å². The number of halogens is 1. The van der Waals surface area contributed by atoms with Crippen LogP contribution >= 0.6 is 27.3 Å². The molecule has 1 unspecified atom stereocenters. The molecule has 0 fully saturated rings. The first-order valence-corrected chi connectivity index (χ1v) is 6.16. The smallest absolute Gasteiger partial charge is 0.146 e. The summed E-state index contributed by atoms with van der Waals surface area (Å²) in [5, 5.41) is 12.8. The highest BCUT2D eigenvalue weighted by molar-refractivity contribution is 9.10. The van der Waals surface area contributed by atoms with E-state index in [9.17, 15) is 5.11 Å². The van der Waals surface area contributed by atoms with Crippen molar-refractivity contribution in [1.29, 1.82) is 0 Å². The van der Waals surface area contributed by atoms with Crippen molar-refractivity contribution in [3.05, 3.63) is 38.6 Å². The average Bonchev–Trinajstić information content (AvgIpc) is 2.75. The summed E-state index contributed by atoms with van der Waals surface area (Å²) in [6.07, 6.45) is 1.40. The fourth-order valence-electron chi connectivity index (χ4n) is 1.30. The normalized spacial score (nSPS) is 13.0. The largest absolute Gasteiger partial charge is 0.465 e. The zero-order chi connectivity index (χ0) is 10.8. The van der Waals surface area contributed by atoms with Gasteiger partial charge in [-0.05, 0) is 28.9 Å². The van der Waals surface area contributed by atoms with Crippen molar-refractivity contribution in [2.75, 3.05) is 0 Å². The summed E-state index contributed by atoms with van der Waals surface area (Å²) in [7, 11) is 0. The van der Waals surface area contributed by atoms with Gasteiger partial charge in [-0.2, -0.15) is 0 Å². The van der Waals surface area contributed by atoms with Crippen LogP contribution in [0, 0.1) is 6.92 Å². The van der Waals surface area contributed by atoms with E-state index < -0.39 is 6.10 Å². The van der Waals surface area contributed by atoms with Crippen molar-refractivity contribution in [2.45, 2.75) is 19.4 Å². The molecular formula is C10H10BrNO2S. The number of nitrogens with zero attached hydrogens (tertiary/aromatic N) is 1. The SMILES string of the molecule is Cc1csc(CC(O)c2occc2Br)n1. The van der Waals surface area contributed by atoms with Gasteiger partial charge in [0.2, 0.25) is 0 Å². The third-order valence-electron chi connectivity index (χ3n) is 1.98. The molecule has 0 aromatic carbocycles. The van der Waals surface area contributed by atoms with E-state index in [1.54, 1.807) is 23.7 Å². The van der Waals surface area contributed by atoms with Crippen LogP contribution in [-0.4, -0.2) is 10.1 Å². The number of aliphatic hydroxyl groups excluding tert-OH is 1. The summed E-state index contributed by atoms with van der Waals surface area (Å²) in [5.41, 5.74) is 0.987. The number of aryl methyl sites for hydroxylation is 1. The second kappa shape index (κ2) is 4.47. The molecule has 0 radical (unpaired) electrons. The molecular weight excluding hydrogens is 278 g/mol. The minimum absolute atomic E-state index is 0.491. The fourth-order valence-corrected chi connectivity index (χ4v) is 2.57. The summed E-state index contributed by atoms with van der Waals surface area (Å²) >= 11 is 4.87. The van der Waals surface area contributed by atoms with Crippen molar-refractivity contribution < 1.29 is 9.52 Å². The maximum Gasteiger partial charge on any atom is 0.146 e. The van der Waals surface area contributed by atoms with Gasteiger partial charge in [0, 0.05) is 17.5 Å². The number of rotatable bonds is 3. The number of furan rings is 1. The van der Waals surface area contributed by atoms with Gasteiger partial charge in [-0.25, -0.2) is 4.98 Å². The molecule has 2 aromatic rings. The maximum atomic E-state index is 9.90. The van der Waals surface area contributed by atoms with E-state index in [2.05, 4.69) is 20.9 Å². The van der Waals surface area contributed by atoms with Gasteiger partial charge < -0.3 is 9.52 Å². The van der Waals surface area contributed by atoms with Crippen LogP contribution < -0.4 is 0 Å². The van der Waals surface area contributed by atoms with E-state index in [4.69, 9.17) is 4.42 Å². The van der Waals surface area contributed by atoms with Crippen LogP contribution in [0.3, 0.4) is 0 Å². The number of hydrogen-bond donors (Lipinski definition) is 1. The molecule has 0 aliphatic rings. The summed E-state index contributed by atoms with van der Waals surface area (Å²) in [5.74, 6) is 0.558. The van der Waals surface area contributed by atoms with Crippen molar-refractivity contribution in [3.63, 3.8) is 0 Å².